The Kier molecular flexibility index (Phi) is 3.64. The summed E-state index contributed by atoms with van der Waals surface area (Å²) in [5.41, 5.74) is 0.906. The van der Waals surface area contributed by atoms with Gasteiger partial charge in [0.2, 0.25) is 0 Å². The molecule has 0 unspecified atom stereocenters. The fourth-order valence-electron chi connectivity index (χ4n) is 0.875. The standard InChI is InChI=1S/C9H12AsO2/c1-7-2-3-8(6-9(7)12)10-4-5-11/h2-3,6,11-12H,4-5H2,1H3. The summed E-state index contributed by atoms with van der Waals surface area (Å²) in [4.78, 5) is 0. The van der Waals surface area contributed by atoms with Crippen LogP contribution in [0.1, 0.15) is 5.56 Å². The molecule has 2 nitrogen and oxygen atoms in total. The number of benzene rings is 1. The Bertz CT molecular complexity index is 261. The summed E-state index contributed by atoms with van der Waals surface area (Å²) >= 11 is 0.0255. The summed E-state index contributed by atoms with van der Waals surface area (Å²) < 4.78 is 1.17. The van der Waals surface area contributed by atoms with E-state index in [9.17, 15) is 5.11 Å². The van der Waals surface area contributed by atoms with Gasteiger partial charge in [-0.1, -0.05) is 0 Å². The van der Waals surface area contributed by atoms with Crippen molar-refractivity contribution in [2.75, 3.05) is 6.61 Å². The first-order valence-electron chi connectivity index (χ1n) is 3.82. The van der Waals surface area contributed by atoms with E-state index in [1.54, 1.807) is 6.07 Å². The quantitative estimate of drug-likeness (QED) is 0.735. The van der Waals surface area contributed by atoms with E-state index in [2.05, 4.69) is 0 Å². The Hall–Kier alpha value is -0.462. The number of aliphatic hydroxyl groups is 1. The molecule has 0 saturated carbocycles. The second-order valence-corrected chi connectivity index (χ2v) is 5.26. The average Bonchev–Trinajstić information content (AvgIpc) is 2.07. The Morgan fingerprint density at radius 1 is 1.42 bits per heavy atom. The van der Waals surface area contributed by atoms with Gasteiger partial charge in [-0.3, -0.25) is 0 Å². The van der Waals surface area contributed by atoms with Crippen molar-refractivity contribution in [2.45, 2.75) is 12.1 Å². The molecule has 1 aromatic carbocycles. The van der Waals surface area contributed by atoms with Crippen LogP contribution >= 0.6 is 0 Å². The van der Waals surface area contributed by atoms with Gasteiger partial charge in [-0.2, -0.15) is 0 Å². The molecular formula is C9H12AsO2. The van der Waals surface area contributed by atoms with Crippen LogP contribution in [-0.4, -0.2) is 32.6 Å². The topological polar surface area (TPSA) is 40.5 Å². The number of aromatic hydroxyl groups is 1. The zero-order chi connectivity index (χ0) is 8.97. The van der Waals surface area contributed by atoms with E-state index in [4.69, 9.17) is 5.11 Å². The van der Waals surface area contributed by atoms with Crippen molar-refractivity contribution in [1.82, 2.24) is 0 Å². The van der Waals surface area contributed by atoms with E-state index in [0.717, 1.165) is 10.8 Å². The van der Waals surface area contributed by atoms with Crippen LogP contribution in [0, 0.1) is 6.92 Å². The summed E-state index contributed by atoms with van der Waals surface area (Å²) in [5.74, 6) is 0.362. The third-order valence-electron chi connectivity index (χ3n) is 1.59. The van der Waals surface area contributed by atoms with Crippen LogP contribution in [0.5, 0.6) is 5.75 Å². The number of phenolic OH excluding ortho intramolecular Hbond substituents is 1. The minimum absolute atomic E-state index is 0.0255. The van der Waals surface area contributed by atoms with Gasteiger partial charge in [0.1, 0.15) is 0 Å². The van der Waals surface area contributed by atoms with Gasteiger partial charge in [0.25, 0.3) is 0 Å². The van der Waals surface area contributed by atoms with Crippen LogP contribution in [0.2, 0.25) is 5.21 Å². The van der Waals surface area contributed by atoms with Gasteiger partial charge in [-0.25, -0.2) is 0 Å². The van der Waals surface area contributed by atoms with Crippen LogP contribution < -0.4 is 4.35 Å². The molecule has 1 aromatic rings. The molecule has 1 radical (unpaired) electrons. The number of hydrogen-bond acceptors (Lipinski definition) is 2. The molecule has 0 aliphatic carbocycles. The number of hydrogen-bond donors (Lipinski definition) is 2. The van der Waals surface area contributed by atoms with Gasteiger partial charge in [-0.15, -0.1) is 0 Å². The van der Waals surface area contributed by atoms with Crippen LogP contribution in [0.4, 0.5) is 0 Å². The van der Waals surface area contributed by atoms with E-state index in [0.29, 0.717) is 5.75 Å². The molecule has 0 aliphatic rings. The normalized spacial score (nSPS) is 11.2. The SMILES string of the molecule is Cc1ccc([As]CCO)cc1O. The van der Waals surface area contributed by atoms with Crippen molar-refractivity contribution in [3.63, 3.8) is 0 Å². The Labute approximate surface area is 78.9 Å². The fourth-order valence-corrected chi connectivity index (χ4v) is 2.45. The van der Waals surface area contributed by atoms with Gasteiger partial charge in [0.05, 0.1) is 0 Å². The first-order valence-corrected chi connectivity index (χ1v) is 6.08. The van der Waals surface area contributed by atoms with E-state index < -0.39 is 0 Å². The Balaban J connectivity index is 2.69. The Morgan fingerprint density at radius 3 is 2.75 bits per heavy atom. The predicted octanol–water partition coefficient (Wildman–Crippen LogP) is 0.441. The van der Waals surface area contributed by atoms with E-state index in [1.807, 2.05) is 19.1 Å². The van der Waals surface area contributed by atoms with Gasteiger partial charge in [-0.05, 0) is 0 Å². The van der Waals surface area contributed by atoms with Crippen molar-refractivity contribution < 1.29 is 10.2 Å². The Morgan fingerprint density at radius 2 is 2.17 bits per heavy atom. The van der Waals surface area contributed by atoms with Crippen molar-refractivity contribution in [1.29, 1.82) is 0 Å². The molecule has 1 rings (SSSR count). The second-order valence-electron chi connectivity index (χ2n) is 2.58. The van der Waals surface area contributed by atoms with Crippen LogP contribution in [-0.2, 0) is 0 Å². The third kappa shape index (κ3) is 2.54. The molecule has 65 valence electrons. The molecule has 0 fully saturated rings. The van der Waals surface area contributed by atoms with E-state index in [-0.39, 0.29) is 22.4 Å². The van der Waals surface area contributed by atoms with Gasteiger partial charge < -0.3 is 0 Å². The molecule has 0 amide bonds. The molecule has 2 N–H and O–H groups in total. The number of rotatable bonds is 3. The fraction of sp³-hybridized carbons (Fsp3) is 0.333. The molecule has 3 heteroatoms. The molecule has 0 saturated heterocycles. The van der Waals surface area contributed by atoms with Gasteiger partial charge in [0, 0.05) is 0 Å². The summed E-state index contributed by atoms with van der Waals surface area (Å²) in [6.07, 6.45) is 0. The first-order chi connectivity index (χ1) is 5.74. The van der Waals surface area contributed by atoms with E-state index >= 15 is 0 Å². The van der Waals surface area contributed by atoms with Crippen LogP contribution in [0.3, 0.4) is 0 Å². The summed E-state index contributed by atoms with van der Waals surface area (Å²) in [7, 11) is 0. The summed E-state index contributed by atoms with van der Waals surface area (Å²) in [6, 6.07) is 5.73. The maximum absolute atomic E-state index is 9.35. The first kappa shape index (κ1) is 9.63. The molecule has 0 bridgehead atoms. The van der Waals surface area contributed by atoms with Crippen LogP contribution in [0.15, 0.2) is 18.2 Å². The van der Waals surface area contributed by atoms with Crippen molar-refractivity contribution >= 4 is 20.1 Å². The summed E-state index contributed by atoms with van der Waals surface area (Å²) in [6.45, 7) is 2.12. The molecule has 12 heavy (non-hydrogen) atoms. The number of aryl methyl sites for hydroxylation is 1. The molecule has 0 aromatic heterocycles. The molecule has 0 heterocycles. The van der Waals surface area contributed by atoms with Crippen molar-refractivity contribution in [3.05, 3.63) is 23.8 Å². The zero-order valence-corrected chi connectivity index (χ0v) is 8.86. The third-order valence-corrected chi connectivity index (χ3v) is 3.83. The number of phenols is 1. The molecule has 0 aliphatic heterocycles. The van der Waals surface area contributed by atoms with Crippen molar-refractivity contribution in [2.24, 2.45) is 0 Å². The predicted molar refractivity (Wildman–Crippen MR) is 50.1 cm³/mol. The molecule has 0 spiro atoms. The van der Waals surface area contributed by atoms with Crippen molar-refractivity contribution in [3.8, 4) is 5.75 Å². The summed E-state index contributed by atoms with van der Waals surface area (Å²) in [5, 5.41) is 18.8. The second kappa shape index (κ2) is 4.54. The zero-order valence-electron chi connectivity index (χ0n) is 6.99. The average molecular weight is 227 g/mol. The molecule has 0 atom stereocenters. The minimum atomic E-state index is 0.0255. The van der Waals surface area contributed by atoms with Crippen LogP contribution in [0.25, 0.3) is 0 Å². The monoisotopic (exact) mass is 227 g/mol. The molecular weight excluding hydrogens is 215 g/mol. The van der Waals surface area contributed by atoms with E-state index in [1.165, 1.54) is 4.35 Å². The van der Waals surface area contributed by atoms with Gasteiger partial charge in [0.15, 0.2) is 0 Å². The maximum atomic E-state index is 9.35. The van der Waals surface area contributed by atoms with Gasteiger partial charge >= 0.3 is 78.6 Å². The number of aliphatic hydroxyl groups excluding tert-OH is 1.